The summed E-state index contributed by atoms with van der Waals surface area (Å²) in [4.78, 5) is 0. The maximum atomic E-state index is 13.4. The SMILES string of the molecule is C#Cc1cc(Oc2cccc(F)c2F)ccc1N. The van der Waals surface area contributed by atoms with Gasteiger partial charge in [0.2, 0.25) is 5.82 Å². The number of ether oxygens (including phenoxy) is 1. The molecule has 2 aromatic carbocycles. The fourth-order valence-corrected chi connectivity index (χ4v) is 1.41. The fraction of sp³-hybridized carbons (Fsp3) is 0. The number of nitrogens with two attached hydrogens (primary N) is 1. The molecule has 0 aliphatic heterocycles. The lowest BCUT2D eigenvalue weighted by Crippen LogP contribution is -1.94. The Kier molecular flexibility index (Phi) is 3.16. The molecule has 0 amide bonds. The molecule has 2 rings (SSSR count). The zero-order valence-corrected chi connectivity index (χ0v) is 9.28. The quantitative estimate of drug-likeness (QED) is 0.650. The number of halogens is 2. The minimum Gasteiger partial charge on any atom is -0.454 e. The molecule has 0 fully saturated rings. The summed E-state index contributed by atoms with van der Waals surface area (Å²) in [6.07, 6.45) is 5.25. The van der Waals surface area contributed by atoms with Crippen molar-refractivity contribution in [3.05, 3.63) is 53.6 Å². The molecule has 2 nitrogen and oxygen atoms in total. The van der Waals surface area contributed by atoms with E-state index < -0.39 is 11.6 Å². The van der Waals surface area contributed by atoms with E-state index in [4.69, 9.17) is 16.9 Å². The molecule has 2 aromatic rings. The van der Waals surface area contributed by atoms with E-state index in [0.29, 0.717) is 17.0 Å². The maximum absolute atomic E-state index is 13.4. The van der Waals surface area contributed by atoms with Gasteiger partial charge in [0.05, 0.1) is 5.56 Å². The van der Waals surface area contributed by atoms with Gasteiger partial charge in [0, 0.05) is 5.69 Å². The third-order valence-corrected chi connectivity index (χ3v) is 2.32. The average Bonchev–Trinajstić information content (AvgIpc) is 2.37. The zero-order chi connectivity index (χ0) is 13.1. The number of nitrogen functional groups attached to an aromatic ring is 1. The van der Waals surface area contributed by atoms with Crippen LogP contribution in [0.3, 0.4) is 0 Å². The Labute approximate surface area is 103 Å². The molecular weight excluding hydrogens is 236 g/mol. The molecule has 2 N–H and O–H groups in total. The Hall–Kier alpha value is -2.54. The second-order valence-electron chi connectivity index (χ2n) is 3.55. The van der Waals surface area contributed by atoms with Crippen LogP contribution < -0.4 is 10.5 Å². The predicted molar refractivity (Wildman–Crippen MR) is 65.2 cm³/mol. The predicted octanol–water partition coefficient (Wildman–Crippen LogP) is 3.32. The summed E-state index contributed by atoms with van der Waals surface area (Å²) in [5, 5.41) is 0. The van der Waals surface area contributed by atoms with Crippen molar-refractivity contribution in [3.63, 3.8) is 0 Å². The van der Waals surface area contributed by atoms with Gasteiger partial charge in [0.15, 0.2) is 11.6 Å². The van der Waals surface area contributed by atoms with Crippen LogP contribution in [0.4, 0.5) is 14.5 Å². The molecule has 0 aliphatic carbocycles. The van der Waals surface area contributed by atoms with Gasteiger partial charge in [-0.25, -0.2) is 4.39 Å². The van der Waals surface area contributed by atoms with Crippen LogP contribution in [0.1, 0.15) is 5.56 Å². The van der Waals surface area contributed by atoms with Crippen LogP contribution in [-0.4, -0.2) is 0 Å². The summed E-state index contributed by atoms with van der Waals surface area (Å²) in [5.41, 5.74) is 6.47. The van der Waals surface area contributed by atoms with Gasteiger partial charge < -0.3 is 10.5 Å². The number of terminal acetylenes is 1. The summed E-state index contributed by atoms with van der Waals surface area (Å²) in [6.45, 7) is 0. The lowest BCUT2D eigenvalue weighted by Gasteiger charge is -2.08. The second kappa shape index (κ2) is 4.76. The first-order chi connectivity index (χ1) is 8.61. The van der Waals surface area contributed by atoms with Crippen molar-refractivity contribution in [1.82, 2.24) is 0 Å². The van der Waals surface area contributed by atoms with Crippen LogP contribution in [0.15, 0.2) is 36.4 Å². The van der Waals surface area contributed by atoms with E-state index >= 15 is 0 Å². The van der Waals surface area contributed by atoms with Gasteiger partial charge in [-0.05, 0) is 30.3 Å². The zero-order valence-electron chi connectivity index (χ0n) is 9.28. The minimum atomic E-state index is -1.04. The molecule has 0 unspecified atom stereocenters. The minimum absolute atomic E-state index is 0.206. The van der Waals surface area contributed by atoms with Crippen molar-refractivity contribution < 1.29 is 13.5 Å². The van der Waals surface area contributed by atoms with Crippen LogP contribution >= 0.6 is 0 Å². The summed E-state index contributed by atoms with van der Waals surface area (Å²) >= 11 is 0. The Balaban J connectivity index is 2.35. The normalized spacial score (nSPS) is 9.83. The lowest BCUT2D eigenvalue weighted by molar-refractivity contribution is 0.416. The van der Waals surface area contributed by atoms with E-state index in [1.807, 2.05) is 0 Å². The average molecular weight is 245 g/mol. The summed E-state index contributed by atoms with van der Waals surface area (Å²) in [5.74, 6) is 0.445. The Bertz CT molecular complexity index is 632. The molecule has 4 heteroatoms. The van der Waals surface area contributed by atoms with Crippen molar-refractivity contribution in [2.45, 2.75) is 0 Å². The van der Waals surface area contributed by atoms with E-state index in [9.17, 15) is 8.78 Å². The van der Waals surface area contributed by atoms with Crippen molar-refractivity contribution in [1.29, 1.82) is 0 Å². The highest BCUT2D eigenvalue weighted by molar-refractivity contribution is 5.58. The van der Waals surface area contributed by atoms with E-state index in [-0.39, 0.29) is 5.75 Å². The van der Waals surface area contributed by atoms with Crippen molar-refractivity contribution in [3.8, 4) is 23.8 Å². The first-order valence-corrected chi connectivity index (χ1v) is 5.10. The third-order valence-electron chi connectivity index (χ3n) is 2.32. The fourth-order valence-electron chi connectivity index (χ4n) is 1.41. The third kappa shape index (κ3) is 2.25. The van der Waals surface area contributed by atoms with Gasteiger partial charge in [-0.3, -0.25) is 0 Å². The van der Waals surface area contributed by atoms with Gasteiger partial charge in [-0.2, -0.15) is 4.39 Å². The molecule has 90 valence electrons. The molecule has 0 heterocycles. The van der Waals surface area contributed by atoms with Gasteiger partial charge >= 0.3 is 0 Å². The molecule has 0 aliphatic rings. The molecule has 0 atom stereocenters. The highest BCUT2D eigenvalue weighted by Crippen LogP contribution is 2.27. The van der Waals surface area contributed by atoms with Gasteiger partial charge in [0.25, 0.3) is 0 Å². The number of rotatable bonds is 2. The summed E-state index contributed by atoms with van der Waals surface area (Å²) < 4.78 is 31.6. The molecule has 0 saturated carbocycles. The Morgan fingerprint density at radius 1 is 1.17 bits per heavy atom. The largest absolute Gasteiger partial charge is 0.454 e. The Morgan fingerprint density at radius 2 is 1.94 bits per heavy atom. The van der Waals surface area contributed by atoms with Crippen LogP contribution in [-0.2, 0) is 0 Å². The first kappa shape index (κ1) is 11.9. The van der Waals surface area contributed by atoms with E-state index in [1.54, 1.807) is 6.07 Å². The highest BCUT2D eigenvalue weighted by atomic mass is 19.2. The number of benzene rings is 2. The van der Waals surface area contributed by atoms with E-state index in [1.165, 1.54) is 24.3 Å². The van der Waals surface area contributed by atoms with Gasteiger partial charge in [-0.1, -0.05) is 12.0 Å². The monoisotopic (exact) mass is 245 g/mol. The van der Waals surface area contributed by atoms with E-state index in [2.05, 4.69) is 5.92 Å². The number of hydrogen-bond donors (Lipinski definition) is 1. The van der Waals surface area contributed by atoms with Crippen LogP contribution in [0, 0.1) is 24.0 Å². The lowest BCUT2D eigenvalue weighted by atomic mass is 10.2. The summed E-state index contributed by atoms with van der Waals surface area (Å²) in [7, 11) is 0. The second-order valence-corrected chi connectivity index (χ2v) is 3.55. The van der Waals surface area contributed by atoms with Gasteiger partial charge in [0.1, 0.15) is 5.75 Å². The van der Waals surface area contributed by atoms with E-state index in [0.717, 1.165) is 6.07 Å². The molecule has 0 spiro atoms. The smallest absolute Gasteiger partial charge is 0.201 e. The molecule has 18 heavy (non-hydrogen) atoms. The van der Waals surface area contributed by atoms with Crippen molar-refractivity contribution in [2.75, 3.05) is 5.73 Å². The maximum Gasteiger partial charge on any atom is 0.201 e. The highest BCUT2D eigenvalue weighted by Gasteiger charge is 2.10. The van der Waals surface area contributed by atoms with Crippen molar-refractivity contribution >= 4 is 5.69 Å². The van der Waals surface area contributed by atoms with Gasteiger partial charge in [-0.15, -0.1) is 6.42 Å². The molecule has 0 bridgehead atoms. The van der Waals surface area contributed by atoms with Crippen LogP contribution in [0.25, 0.3) is 0 Å². The standard InChI is InChI=1S/C14H9F2NO/c1-2-9-8-10(6-7-12(9)17)18-13-5-3-4-11(15)14(13)16/h1,3-8H,17H2. The number of hydrogen-bond acceptors (Lipinski definition) is 2. The van der Waals surface area contributed by atoms with Crippen molar-refractivity contribution in [2.24, 2.45) is 0 Å². The van der Waals surface area contributed by atoms with Crippen LogP contribution in [0.5, 0.6) is 11.5 Å². The molecule has 0 aromatic heterocycles. The molecule has 0 saturated heterocycles. The Morgan fingerprint density at radius 3 is 2.67 bits per heavy atom. The molecular formula is C14H9F2NO. The summed E-state index contributed by atoms with van der Waals surface area (Å²) in [6, 6.07) is 8.25. The number of anilines is 1. The van der Waals surface area contributed by atoms with Crippen LogP contribution in [0.2, 0.25) is 0 Å². The molecule has 0 radical (unpaired) electrons. The topological polar surface area (TPSA) is 35.2 Å². The first-order valence-electron chi connectivity index (χ1n) is 5.10.